The summed E-state index contributed by atoms with van der Waals surface area (Å²) in [7, 11) is 1.51. The van der Waals surface area contributed by atoms with Crippen LogP contribution < -0.4 is 10.1 Å². The molecule has 20 heavy (non-hydrogen) atoms. The highest BCUT2D eigenvalue weighted by Crippen LogP contribution is 2.29. The molecule has 4 nitrogen and oxygen atoms in total. The molecule has 1 aromatic rings. The molecule has 0 aliphatic heterocycles. The largest absolute Gasteiger partial charge is 0.504 e. The number of aromatic hydroxyl groups is 1. The van der Waals surface area contributed by atoms with Crippen molar-refractivity contribution in [2.75, 3.05) is 7.11 Å². The summed E-state index contributed by atoms with van der Waals surface area (Å²) in [6, 6.07) is 7.44. The van der Waals surface area contributed by atoms with E-state index < -0.39 is 0 Å². The SMILES string of the molecule is COc1cc(C(C#N)NC2CCCCCC2)ccc1O. The predicted octanol–water partition coefficient (Wildman–Crippen LogP) is 3.28. The number of hydrogen-bond donors (Lipinski definition) is 2. The summed E-state index contributed by atoms with van der Waals surface area (Å²) in [5.41, 5.74) is 0.839. The molecule has 108 valence electrons. The van der Waals surface area contributed by atoms with Crippen LogP contribution in [0.2, 0.25) is 0 Å². The van der Waals surface area contributed by atoms with Gasteiger partial charge in [0.1, 0.15) is 6.04 Å². The first-order valence-corrected chi connectivity index (χ1v) is 7.27. The van der Waals surface area contributed by atoms with Crippen molar-refractivity contribution in [1.82, 2.24) is 5.32 Å². The van der Waals surface area contributed by atoms with Gasteiger partial charge in [0.15, 0.2) is 11.5 Å². The van der Waals surface area contributed by atoms with Crippen molar-refractivity contribution in [2.45, 2.75) is 50.6 Å². The van der Waals surface area contributed by atoms with Crippen LogP contribution in [-0.2, 0) is 0 Å². The van der Waals surface area contributed by atoms with E-state index in [0.717, 1.165) is 18.4 Å². The van der Waals surface area contributed by atoms with Crippen molar-refractivity contribution >= 4 is 0 Å². The predicted molar refractivity (Wildman–Crippen MR) is 77.6 cm³/mol. The van der Waals surface area contributed by atoms with Crippen molar-refractivity contribution in [3.63, 3.8) is 0 Å². The molecule has 0 radical (unpaired) electrons. The molecule has 1 fully saturated rings. The molecule has 0 bridgehead atoms. The second-order valence-electron chi connectivity index (χ2n) is 5.35. The Labute approximate surface area is 120 Å². The smallest absolute Gasteiger partial charge is 0.160 e. The highest BCUT2D eigenvalue weighted by Gasteiger charge is 2.19. The summed E-state index contributed by atoms with van der Waals surface area (Å²) < 4.78 is 5.10. The third kappa shape index (κ3) is 3.64. The average Bonchev–Trinajstić information content (AvgIpc) is 2.74. The monoisotopic (exact) mass is 274 g/mol. The zero-order valence-electron chi connectivity index (χ0n) is 11.9. The van der Waals surface area contributed by atoms with Gasteiger partial charge in [-0.3, -0.25) is 5.32 Å². The van der Waals surface area contributed by atoms with E-state index in [4.69, 9.17) is 4.74 Å². The van der Waals surface area contributed by atoms with E-state index in [1.54, 1.807) is 18.2 Å². The number of benzene rings is 1. The Morgan fingerprint density at radius 3 is 2.60 bits per heavy atom. The maximum atomic E-state index is 9.62. The van der Waals surface area contributed by atoms with E-state index in [1.807, 2.05) is 0 Å². The maximum absolute atomic E-state index is 9.62. The van der Waals surface area contributed by atoms with Crippen LogP contribution in [0, 0.1) is 11.3 Å². The lowest BCUT2D eigenvalue weighted by molar-refractivity contribution is 0.371. The number of phenols is 1. The summed E-state index contributed by atoms with van der Waals surface area (Å²) >= 11 is 0. The Kier molecular flexibility index (Phi) is 5.25. The van der Waals surface area contributed by atoms with Crippen LogP contribution in [0.3, 0.4) is 0 Å². The summed E-state index contributed by atoms with van der Waals surface area (Å²) in [6.45, 7) is 0. The number of methoxy groups -OCH3 is 1. The number of nitrogens with zero attached hydrogens (tertiary/aromatic N) is 1. The molecule has 1 unspecified atom stereocenters. The molecule has 2 rings (SSSR count). The van der Waals surface area contributed by atoms with Crippen LogP contribution in [0.25, 0.3) is 0 Å². The number of nitriles is 1. The lowest BCUT2D eigenvalue weighted by Crippen LogP contribution is -2.31. The molecule has 4 heteroatoms. The second-order valence-corrected chi connectivity index (χ2v) is 5.35. The van der Waals surface area contributed by atoms with E-state index in [1.165, 1.54) is 32.8 Å². The number of rotatable bonds is 4. The Morgan fingerprint density at radius 2 is 2.00 bits per heavy atom. The molecule has 0 spiro atoms. The molecule has 0 aromatic heterocycles. The number of ether oxygens (including phenoxy) is 1. The van der Waals surface area contributed by atoms with E-state index >= 15 is 0 Å². The molecule has 0 amide bonds. The summed E-state index contributed by atoms with van der Waals surface area (Å²) in [5, 5.41) is 22.5. The molecule has 1 aliphatic carbocycles. The topological polar surface area (TPSA) is 65.3 Å². The van der Waals surface area contributed by atoms with Gasteiger partial charge in [-0.2, -0.15) is 5.26 Å². The van der Waals surface area contributed by atoms with Crippen LogP contribution in [-0.4, -0.2) is 18.3 Å². The molecule has 1 saturated carbocycles. The molecule has 1 atom stereocenters. The highest BCUT2D eigenvalue weighted by molar-refractivity contribution is 5.43. The van der Waals surface area contributed by atoms with Gasteiger partial charge >= 0.3 is 0 Å². The van der Waals surface area contributed by atoms with E-state index in [0.29, 0.717) is 11.8 Å². The molecule has 0 saturated heterocycles. The van der Waals surface area contributed by atoms with Crippen molar-refractivity contribution < 1.29 is 9.84 Å². The molecule has 2 N–H and O–H groups in total. The van der Waals surface area contributed by atoms with Crippen molar-refractivity contribution in [1.29, 1.82) is 5.26 Å². The lowest BCUT2D eigenvalue weighted by Gasteiger charge is -2.21. The Balaban J connectivity index is 2.09. The van der Waals surface area contributed by atoms with Gasteiger partial charge in [-0.05, 0) is 30.5 Å². The van der Waals surface area contributed by atoms with Crippen LogP contribution in [0.4, 0.5) is 0 Å². The van der Waals surface area contributed by atoms with Gasteiger partial charge in [0.2, 0.25) is 0 Å². The van der Waals surface area contributed by atoms with E-state index in [2.05, 4.69) is 11.4 Å². The number of nitrogens with one attached hydrogen (secondary N) is 1. The molecule has 0 heterocycles. The van der Waals surface area contributed by atoms with Crippen molar-refractivity contribution in [3.8, 4) is 17.6 Å². The first-order valence-electron chi connectivity index (χ1n) is 7.27. The van der Waals surface area contributed by atoms with Gasteiger partial charge < -0.3 is 9.84 Å². The van der Waals surface area contributed by atoms with Gasteiger partial charge in [0.25, 0.3) is 0 Å². The van der Waals surface area contributed by atoms with E-state index in [9.17, 15) is 10.4 Å². The van der Waals surface area contributed by atoms with Gasteiger partial charge in [0, 0.05) is 6.04 Å². The number of phenolic OH excluding ortho intramolecular Hbond substituents is 1. The fraction of sp³-hybridized carbons (Fsp3) is 0.562. The van der Waals surface area contributed by atoms with Gasteiger partial charge in [-0.25, -0.2) is 0 Å². The fourth-order valence-corrected chi connectivity index (χ4v) is 2.76. The minimum Gasteiger partial charge on any atom is -0.504 e. The first-order chi connectivity index (χ1) is 9.74. The summed E-state index contributed by atoms with van der Waals surface area (Å²) in [4.78, 5) is 0. The lowest BCUT2D eigenvalue weighted by atomic mass is 10.0. The van der Waals surface area contributed by atoms with Crippen molar-refractivity contribution in [3.05, 3.63) is 23.8 Å². The van der Waals surface area contributed by atoms with Crippen LogP contribution in [0.15, 0.2) is 18.2 Å². The standard InChI is InChI=1S/C16H22N2O2/c1-20-16-10-12(8-9-15(16)19)14(11-17)18-13-6-4-2-3-5-7-13/h8-10,13-14,18-19H,2-7H2,1H3. The Bertz CT molecular complexity index is 474. The van der Waals surface area contributed by atoms with Gasteiger partial charge in [-0.1, -0.05) is 31.7 Å². The first kappa shape index (κ1) is 14.7. The molecule has 1 aromatic carbocycles. The molecular weight excluding hydrogens is 252 g/mol. The zero-order chi connectivity index (χ0) is 14.4. The van der Waals surface area contributed by atoms with Crippen LogP contribution in [0.1, 0.15) is 50.1 Å². The normalized spacial score (nSPS) is 18.0. The van der Waals surface area contributed by atoms with Crippen molar-refractivity contribution in [2.24, 2.45) is 0 Å². The minimum atomic E-state index is -0.354. The summed E-state index contributed by atoms with van der Waals surface area (Å²) in [6.07, 6.45) is 7.31. The Morgan fingerprint density at radius 1 is 1.30 bits per heavy atom. The molecular formula is C16H22N2O2. The quantitative estimate of drug-likeness (QED) is 0.827. The third-order valence-electron chi connectivity index (χ3n) is 3.92. The zero-order valence-corrected chi connectivity index (χ0v) is 11.9. The minimum absolute atomic E-state index is 0.0995. The highest BCUT2D eigenvalue weighted by atomic mass is 16.5. The molecule has 1 aliphatic rings. The van der Waals surface area contributed by atoms with Crippen LogP contribution >= 0.6 is 0 Å². The maximum Gasteiger partial charge on any atom is 0.160 e. The second kappa shape index (κ2) is 7.16. The Hall–Kier alpha value is -1.73. The average molecular weight is 274 g/mol. The fourth-order valence-electron chi connectivity index (χ4n) is 2.76. The number of hydrogen-bond acceptors (Lipinski definition) is 4. The van der Waals surface area contributed by atoms with E-state index in [-0.39, 0.29) is 11.8 Å². The van der Waals surface area contributed by atoms with Gasteiger partial charge in [-0.15, -0.1) is 0 Å². The van der Waals surface area contributed by atoms with Crippen LogP contribution in [0.5, 0.6) is 11.5 Å². The summed E-state index contributed by atoms with van der Waals surface area (Å²) in [5.74, 6) is 0.507. The third-order valence-corrected chi connectivity index (χ3v) is 3.92. The van der Waals surface area contributed by atoms with Gasteiger partial charge in [0.05, 0.1) is 13.2 Å².